The van der Waals surface area contributed by atoms with Gasteiger partial charge >= 0.3 is 0 Å². The molecule has 3 rings (SSSR count). The van der Waals surface area contributed by atoms with E-state index in [1.165, 1.54) is 0 Å². The molecule has 0 radical (unpaired) electrons. The van der Waals surface area contributed by atoms with Crippen molar-refractivity contribution in [1.82, 2.24) is 0 Å². The highest BCUT2D eigenvalue weighted by Crippen LogP contribution is 2.31. The molecular weight excluding hydrogens is 412 g/mol. The first-order valence-corrected chi connectivity index (χ1v) is 8.07. The van der Waals surface area contributed by atoms with Crippen molar-refractivity contribution in [2.24, 2.45) is 0 Å². The number of halogens is 2. The minimum Gasteiger partial charge on any atom is -0.398 e. The fraction of sp³-hybridized carbons (Fsp3) is 0.125. The fourth-order valence-corrected chi connectivity index (χ4v) is 2.67. The van der Waals surface area contributed by atoms with Crippen LogP contribution in [0, 0.1) is 13.8 Å². The third-order valence-electron chi connectivity index (χ3n) is 3.40. The largest absolute Gasteiger partial charge is 0.398 e. The standard InChI is InChI=1S/C9H6BrNO2.C7H8BrN/c1-4-6(10)3-2-5-7(4)11-9(13)8(5)12;1-5-6(8)3-2-4-7(5)9/h2-3H,1H3,(H,11,12,13);2-4H,9H2,1H3. The van der Waals surface area contributed by atoms with E-state index in [9.17, 15) is 9.59 Å². The van der Waals surface area contributed by atoms with Gasteiger partial charge in [0.1, 0.15) is 0 Å². The predicted molar refractivity (Wildman–Crippen MR) is 95.1 cm³/mol. The quantitative estimate of drug-likeness (QED) is 0.490. The van der Waals surface area contributed by atoms with Gasteiger partial charge < -0.3 is 11.1 Å². The van der Waals surface area contributed by atoms with Crippen molar-refractivity contribution in [2.75, 3.05) is 11.1 Å². The number of anilines is 2. The number of carbonyl (C=O) groups excluding carboxylic acids is 2. The maximum atomic E-state index is 11.2. The molecule has 0 bridgehead atoms. The normalized spacial score (nSPS) is 12.4. The molecule has 22 heavy (non-hydrogen) atoms. The second-order valence-electron chi connectivity index (χ2n) is 4.83. The fourth-order valence-electron chi connectivity index (χ4n) is 1.95. The number of nitrogens with one attached hydrogen (secondary N) is 1. The smallest absolute Gasteiger partial charge is 0.296 e. The Kier molecular flexibility index (Phi) is 5.03. The van der Waals surface area contributed by atoms with Crippen molar-refractivity contribution in [3.05, 3.63) is 56.0 Å². The van der Waals surface area contributed by atoms with E-state index in [0.717, 1.165) is 25.8 Å². The molecule has 0 atom stereocenters. The summed E-state index contributed by atoms with van der Waals surface area (Å²) in [4.78, 5) is 22.3. The summed E-state index contributed by atoms with van der Waals surface area (Å²) in [6.07, 6.45) is 0. The lowest BCUT2D eigenvalue weighted by atomic mass is 10.1. The lowest BCUT2D eigenvalue weighted by Crippen LogP contribution is -2.12. The molecule has 3 N–H and O–H groups in total. The van der Waals surface area contributed by atoms with Crippen LogP contribution in [-0.4, -0.2) is 11.7 Å². The van der Waals surface area contributed by atoms with Gasteiger partial charge in [0.15, 0.2) is 0 Å². The van der Waals surface area contributed by atoms with Crippen molar-refractivity contribution in [2.45, 2.75) is 13.8 Å². The highest BCUT2D eigenvalue weighted by Gasteiger charge is 2.29. The van der Waals surface area contributed by atoms with E-state index < -0.39 is 11.7 Å². The Morgan fingerprint density at radius 3 is 2.18 bits per heavy atom. The zero-order valence-corrected chi connectivity index (χ0v) is 15.2. The number of hydrogen-bond acceptors (Lipinski definition) is 3. The molecule has 1 aliphatic heterocycles. The number of hydrogen-bond donors (Lipinski definition) is 2. The summed E-state index contributed by atoms with van der Waals surface area (Å²) < 4.78 is 1.96. The molecule has 0 aromatic heterocycles. The number of amides is 1. The number of fused-ring (bicyclic) bond motifs is 1. The average Bonchev–Trinajstić information content (AvgIpc) is 2.77. The van der Waals surface area contributed by atoms with Crippen LogP contribution in [0.5, 0.6) is 0 Å². The van der Waals surface area contributed by atoms with Gasteiger partial charge in [-0.3, -0.25) is 9.59 Å². The molecule has 1 aliphatic rings. The summed E-state index contributed by atoms with van der Waals surface area (Å²) in [5.74, 6) is -0.998. The monoisotopic (exact) mass is 424 g/mol. The van der Waals surface area contributed by atoms with Gasteiger partial charge in [-0.25, -0.2) is 0 Å². The SMILES string of the molecule is Cc1c(Br)ccc2c1NC(=O)C2=O.Cc1c(N)cccc1Br. The molecule has 0 spiro atoms. The number of rotatable bonds is 0. The second kappa shape index (κ2) is 6.62. The molecule has 0 aliphatic carbocycles. The van der Waals surface area contributed by atoms with Crippen LogP contribution < -0.4 is 11.1 Å². The van der Waals surface area contributed by atoms with Crippen molar-refractivity contribution < 1.29 is 9.59 Å². The molecule has 0 saturated carbocycles. The third kappa shape index (κ3) is 3.23. The zero-order valence-electron chi connectivity index (χ0n) is 12.0. The summed E-state index contributed by atoms with van der Waals surface area (Å²) >= 11 is 6.69. The molecule has 1 heterocycles. The number of carbonyl (C=O) groups is 2. The van der Waals surface area contributed by atoms with Crippen LogP contribution in [0.25, 0.3) is 0 Å². The summed E-state index contributed by atoms with van der Waals surface area (Å²) in [6, 6.07) is 9.21. The molecule has 6 heteroatoms. The van der Waals surface area contributed by atoms with Gasteiger partial charge in [0.2, 0.25) is 0 Å². The molecule has 2 aromatic rings. The average molecular weight is 426 g/mol. The van der Waals surface area contributed by atoms with Crippen molar-refractivity contribution in [1.29, 1.82) is 0 Å². The Morgan fingerprint density at radius 1 is 0.955 bits per heavy atom. The minimum absolute atomic E-state index is 0.453. The van der Waals surface area contributed by atoms with Crippen LogP contribution in [-0.2, 0) is 4.79 Å². The van der Waals surface area contributed by atoms with E-state index in [0.29, 0.717) is 11.3 Å². The molecule has 114 valence electrons. The topological polar surface area (TPSA) is 72.2 Å². The molecule has 2 aromatic carbocycles. The Hall–Kier alpha value is -1.66. The van der Waals surface area contributed by atoms with Crippen molar-refractivity contribution in [3.63, 3.8) is 0 Å². The molecule has 0 saturated heterocycles. The van der Waals surface area contributed by atoms with Crippen molar-refractivity contribution in [3.8, 4) is 0 Å². The van der Waals surface area contributed by atoms with Gasteiger partial charge in [-0.1, -0.05) is 37.9 Å². The number of nitrogens with two attached hydrogens (primary N) is 1. The van der Waals surface area contributed by atoms with Crippen LogP contribution in [0.1, 0.15) is 21.5 Å². The maximum Gasteiger partial charge on any atom is 0.296 e. The summed E-state index contributed by atoms with van der Waals surface area (Å²) in [5.41, 5.74) is 9.52. The van der Waals surface area contributed by atoms with Gasteiger partial charge in [0, 0.05) is 14.6 Å². The van der Waals surface area contributed by atoms with E-state index in [1.807, 2.05) is 32.0 Å². The Bertz CT molecular complexity index is 753. The Morgan fingerprint density at radius 2 is 1.59 bits per heavy atom. The number of nitrogen functional groups attached to an aromatic ring is 1. The lowest BCUT2D eigenvalue weighted by Gasteiger charge is -2.03. The summed E-state index contributed by atoms with van der Waals surface area (Å²) in [5, 5.41) is 2.54. The zero-order chi connectivity index (χ0) is 16.4. The van der Waals surface area contributed by atoms with E-state index in [1.54, 1.807) is 12.1 Å². The molecule has 0 fully saturated rings. The first-order valence-electron chi connectivity index (χ1n) is 6.48. The highest BCUT2D eigenvalue weighted by atomic mass is 79.9. The van der Waals surface area contributed by atoms with Gasteiger partial charge in [0.05, 0.1) is 11.3 Å². The lowest BCUT2D eigenvalue weighted by molar-refractivity contribution is -0.112. The highest BCUT2D eigenvalue weighted by molar-refractivity contribution is 9.10. The second-order valence-corrected chi connectivity index (χ2v) is 6.54. The van der Waals surface area contributed by atoms with Crippen LogP contribution in [0.15, 0.2) is 39.3 Å². The molecule has 4 nitrogen and oxygen atoms in total. The van der Waals surface area contributed by atoms with E-state index in [-0.39, 0.29) is 0 Å². The summed E-state index contributed by atoms with van der Waals surface area (Å²) in [6.45, 7) is 3.83. The van der Waals surface area contributed by atoms with Gasteiger partial charge in [0.25, 0.3) is 11.7 Å². The Labute approximate surface area is 145 Å². The van der Waals surface area contributed by atoms with Gasteiger partial charge in [-0.15, -0.1) is 0 Å². The van der Waals surface area contributed by atoms with Crippen LogP contribution >= 0.6 is 31.9 Å². The first kappa shape index (κ1) is 16.7. The van der Waals surface area contributed by atoms with Crippen LogP contribution in [0.2, 0.25) is 0 Å². The van der Waals surface area contributed by atoms with Crippen LogP contribution in [0.3, 0.4) is 0 Å². The van der Waals surface area contributed by atoms with Crippen LogP contribution in [0.4, 0.5) is 11.4 Å². The summed E-state index contributed by atoms with van der Waals surface area (Å²) in [7, 11) is 0. The number of Topliss-reactive ketones (excluding diaryl/α,β-unsaturated/α-hetero) is 1. The Balaban J connectivity index is 0.000000172. The van der Waals surface area contributed by atoms with E-state index >= 15 is 0 Å². The molecule has 1 amide bonds. The number of benzene rings is 2. The van der Waals surface area contributed by atoms with Gasteiger partial charge in [-0.2, -0.15) is 0 Å². The van der Waals surface area contributed by atoms with Crippen molar-refractivity contribution >= 4 is 54.9 Å². The predicted octanol–water partition coefficient (Wildman–Crippen LogP) is 4.23. The minimum atomic E-state index is -0.545. The van der Waals surface area contributed by atoms with E-state index in [4.69, 9.17) is 5.73 Å². The van der Waals surface area contributed by atoms with E-state index in [2.05, 4.69) is 37.2 Å². The maximum absolute atomic E-state index is 11.2. The van der Waals surface area contributed by atoms with Gasteiger partial charge in [-0.05, 0) is 49.2 Å². The number of ketones is 1. The molecule has 0 unspecified atom stereocenters. The first-order chi connectivity index (χ1) is 10.3. The molecular formula is C16H14Br2N2O2. The third-order valence-corrected chi connectivity index (χ3v) is 5.12.